The van der Waals surface area contributed by atoms with Crippen LogP contribution in [0.1, 0.15) is 25.7 Å². The van der Waals surface area contributed by atoms with Gasteiger partial charge < -0.3 is 20.1 Å². The van der Waals surface area contributed by atoms with E-state index in [9.17, 15) is 14.4 Å². The second-order valence-corrected chi connectivity index (χ2v) is 4.50. The van der Waals surface area contributed by atoms with Crippen LogP contribution in [0.3, 0.4) is 0 Å². The molecule has 7 heteroatoms. The summed E-state index contributed by atoms with van der Waals surface area (Å²) in [4.78, 5) is 31.9. The van der Waals surface area contributed by atoms with Crippen molar-refractivity contribution >= 4 is 17.9 Å². The molecule has 0 amide bonds. The first-order valence-electron chi connectivity index (χ1n) is 5.65. The van der Waals surface area contributed by atoms with E-state index < -0.39 is 24.0 Å². The minimum Gasteiger partial charge on any atom is -0.481 e. The smallest absolute Gasteiger partial charge is 0.305 e. The van der Waals surface area contributed by atoms with E-state index in [2.05, 4.69) is 0 Å². The van der Waals surface area contributed by atoms with Crippen molar-refractivity contribution < 1.29 is 34.4 Å². The molecule has 1 saturated heterocycles. The minimum absolute atomic E-state index is 0.0994. The van der Waals surface area contributed by atoms with Gasteiger partial charge in [0.1, 0.15) is 0 Å². The molecular weight excluding hydrogens is 244 g/mol. The van der Waals surface area contributed by atoms with Gasteiger partial charge in [-0.15, -0.1) is 0 Å². The SMILES string of the molecule is O=C(O)C[C@@H]1C[C@@H](CC(=O)O)[C@@H](CC(=O)O)CO1. The Balaban J connectivity index is 2.62. The number of carbonyl (C=O) groups is 3. The average molecular weight is 260 g/mol. The largest absolute Gasteiger partial charge is 0.481 e. The average Bonchev–Trinajstić information content (AvgIpc) is 2.19. The summed E-state index contributed by atoms with van der Waals surface area (Å²) < 4.78 is 5.28. The third-order valence-corrected chi connectivity index (χ3v) is 3.05. The van der Waals surface area contributed by atoms with Crippen LogP contribution in [0.4, 0.5) is 0 Å². The van der Waals surface area contributed by atoms with Gasteiger partial charge in [0.2, 0.25) is 0 Å². The maximum atomic E-state index is 10.7. The molecule has 7 nitrogen and oxygen atoms in total. The highest BCUT2D eigenvalue weighted by atomic mass is 16.5. The van der Waals surface area contributed by atoms with Gasteiger partial charge in [-0.3, -0.25) is 14.4 Å². The Labute approximate surface area is 103 Å². The van der Waals surface area contributed by atoms with Gasteiger partial charge in [-0.25, -0.2) is 0 Å². The third kappa shape index (κ3) is 4.70. The number of carboxylic acid groups (broad SMARTS) is 3. The van der Waals surface area contributed by atoms with Crippen LogP contribution in [0, 0.1) is 11.8 Å². The van der Waals surface area contributed by atoms with Crippen molar-refractivity contribution in [2.75, 3.05) is 6.61 Å². The second kappa shape index (κ2) is 6.34. The van der Waals surface area contributed by atoms with E-state index in [-0.39, 0.29) is 44.1 Å². The van der Waals surface area contributed by atoms with E-state index in [0.717, 1.165) is 0 Å². The standard InChI is InChI=1S/C11H16O7/c12-9(13)2-6-1-8(4-11(16)17)18-5-7(6)3-10(14)15/h6-8H,1-5H2,(H,12,13)(H,14,15)(H,16,17)/t6-,7-,8-/m0/s1. The van der Waals surface area contributed by atoms with E-state index in [1.54, 1.807) is 0 Å². The zero-order valence-electron chi connectivity index (χ0n) is 9.74. The van der Waals surface area contributed by atoms with Crippen LogP contribution >= 0.6 is 0 Å². The van der Waals surface area contributed by atoms with E-state index in [1.807, 2.05) is 0 Å². The molecule has 0 saturated carbocycles. The summed E-state index contributed by atoms with van der Waals surface area (Å²) in [5.41, 5.74) is 0. The highest BCUT2D eigenvalue weighted by molar-refractivity contribution is 5.69. The van der Waals surface area contributed by atoms with Crippen LogP contribution in [0.15, 0.2) is 0 Å². The highest BCUT2D eigenvalue weighted by Gasteiger charge is 2.34. The number of ether oxygens (including phenoxy) is 1. The summed E-state index contributed by atoms with van der Waals surface area (Å²) in [6.45, 7) is 0.0994. The summed E-state index contributed by atoms with van der Waals surface area (Å²) in [6.07, 6.45) is -0.751. The van der Waals surface area contributed by atoms with E-state index >= 15 is 0 Å². The van der Waals surface area contributed by atoms with Crippen molar-refractivity contribution in [3.05, 3.63) is 0 Å². The van der Waals surface area contributed by atoms with Crippen molar-refractivity contribution in [2.24, 2.45) is 11.8 Å². The molecule has 1 rings (SSSR count). The predicted octanol–water partition coefficient (Wildman–Crippen LogP) is 0.432. The third-order valence-electron chi connectivity index (χ3n) is 3.05. The number of hydrogen-bond acceptors (Lipinski definition) is 4. The summed E-state index contributed by atoms with van der Waals surface area (Å²) in [6, 6.07) is 0. The molecule has 1 heterocycles. The summed E-state index contributed by atoms with van der Waals surface area (Å²) >= 11 is 0. The zero-order chi connectivity index (χ0) is 13.7. The van der Waals surface area contributed by atoms with Crippen molar-refractivity contribution in [1.29, 1.82) is 0 Å². The Morgan fingerprint density at radius 1 is 0.889 bits per heavy atom. The Kier molecular flexibility index (Phi) is 5.08. The highest BCUT2D eigenvalue weighted by Crippen LogP contribution is 2.32. The maximum Gasteiger partial charge on any atom is 0.305 e. The number of aliphatic carboxylic acids is 3. The fourth-order valence-electron chi connectivity index (χ4n) is 2.26. The van der Waals surface area contributed by atoms with Gasteiger partial charge in [0, 0.05) is 6.42 Å². The van der Waals surface area contributed by atoms with Gasteiger partial charge in [-0.2, -0.15) is 0 Å². The molecule has 0 aromatic rings. The van der Waals surface area contributed by atoms with Gasteiger partial charge in [0.25, 0.3) is 0 Å². The predicted molar refractivity (Wildman–Crippen MR) is 58.1 cm³/mol. The van der Waals surface area contributed by atoms with Crippen molar-refractivity contribution in [3.8, 4) is 0 Å². The number of hydrogen-bond donors (Lipinski definition) is 3. The van der Waals surface area contributed by atoms with E-state index in [4.69, 9.17) is 20.1 Å². The summed E-state index contributed by atoms with van der Waals surface area (Å²) in [5, 5.41) is 26.2. The van der Waals surface area contributed by atoms with E-state index in [1.165, 1.54) is 0 Å². The molecule has 102 valence electrons. The van der Waals surface area contributed by atoms with Crippen LogP contribution in [0.5, 0.6) is 0 Å². The minimum atomic E-state index is -1.01. The lowest BCUT2D eigenvalue weighted by atomic mass is 9.81. The molecule has 1 aliphatic rings. The van der Waals surface area contributed by atoms with Crippen molar-refractivity contribution in [1.82, 2.24) is 0 Å². The topological polar surface area (TPSA) is 121 Å². The van der Waals surface area contributed by atoms with Crippen LogP contribution in [0.2, 0.25) is 0 Å². The zero-order valence-corrected chi connectivity index (χ0v) is 9.74. The molecule has 0 aromatic heterocycles. The maximum absolute atomic E-state index is 10.7. The Hall–Kier alpha value is -1.63. The Morgan fingerprint density at radius 3 is 1.89 bits per heavy atom. The first-order valence-corrected chi connectivity index (χ1v) is 5.65. The van der Waals surface area contributed by atoms with E-state index in [0.29, 0.717) is 0 Å². The molecule has 0 aromatic carbocycles. The summed E-state index contributed by atoms with van der Waals surface area (Å²) in [5.74, 6) is -3.74. The monoisotopic (exact) mass is 260 g/mol. The first kappa shape index (κ1) is 14.4. The van der Waals surface area contributed by atoms with Gasteiger partial charge in [0.15, 0.2) is 0 Å². The molecular formula is C11H16O7. The Morgan fingerprint density at radius 2 is 1.39 bits per heavy atom. The van der Waals surface area contributed by atoms with Crippen molar-refractivity contribution in [3.63, 3.8) is 0 Å². The normalized spacial score (nSPS) is 27.7. The molecule has 0 bridgehead atoms. The molecule has 1 aliphatic heterocycles. The van der Waals surface area contributed by atoms with Crippen LogP contribution in [-0.4, -0.2) is 45.9 Å². The lowest BCUT2D eigenvalue weighted by Crippen LogP contribution is -2.37. The molecule has 0 aliphatic carbocycles. The van der Waals surface area contributed by atoms with Gasteiger partial charge in [-0.1, -0.05) is 0 Å². The molecule has 0 unspecified atom stereocenters. The number of rotatable bonds is 6. The number of carboxylic acids is 3. The van der Waals surface area contributed by atoms with Crippen molar-refractivity contribution in [2.45, 2.75) is 31.8 Å². The quantitative estimate of drug-likeness (QED) is 0.633. The molecule has 18 heavy (non-hydrogen) atoms. The van der Waals surface area contributed by atoms with Gasteiger partial charge in [-0.05, 0) is 18.3 Å². The fraction of sp³-hybridized carbons (Fsp3) is 0.727. The molecule has 1 fully saturated rings. The Bertz CT molecular complexity index is 338. The lowest BCUT2D eigenvalue weighted by Gasteiger charge is -2.34. The molecule has 3 atom stereocenters. The molecule has 0 spiro atoms. The first-order chi connectivity index (χ1) is 8.38. The van der Waals surface area contributed by atoms with Gasteiger partial charge in [0.05, 0.1) is 25.6 Å². The van der Waals surface area contributed by atoms with Crippen LogP contribution in [0.25, 0.3) is 0 Å². The molecule has 3 N–H and O–H groups in total. The lowest BCUT2D eigenvalue weighted by molar-refractivity contribution is -0.150. The fourth-order valence-corrected chi connectivity index (χ4v) is 2.26. The van der Waals surface area contributed by atoms with Crippen LogP contribution in [-0.2, 0) is 19.1 Å². The van der Waals surface area contributed by atoms with Crippen LogP contribution < -0.4 is 0 Å². The summed E-state index contributed by atoms with van der Waals surface area (Å²) in [7, 11) is 0. The molecule has 0 radical (unpaired) electrons. The second-order valence-electron chi connectivity index (χ2n) is 4.50. The van der Waals surface area contributed by atoms with Gasteiger partial charge >= 0.3 is 17.9 Å².